The van der Waals surface area contributed by atoms with E-state index in [2.05, 4.69) is 33.0 Å². The van der Waals surface area contributed by atoms with E-state index in [4.69, 9.17) is 5.73 Å². The van der Waals surface area contributed by atoms with Crippen LogP contribution in [0.1, 0.15) is 25.7 Å². The summed E-state index contributed by atoms with van der Waals surface area (Å²) >= 11 is 0. The first kappa shape index (κ1) is 12.1. The Kier molecular flexibility index (Phi) is 3.41. The molecule has 0 amide bonds. The van der Waals surface area contributed by atoms with Crippen LogP contribution in [0.3, 0.4) is 0 Å². The number of benzene rings is 1. The molecule has 19 heavy (non-hydrogen) atoms. The van der Waals surface area contributed by atoms with Crippen LogP contribution in [0.15, 0.2) is 30.6 Å². The number of tetrazole rings is 1. The average Bonchev–Trinajstić information content (AvgIpc) is 2.96. The predicted molar refractivity (Wildman–Crippen MR) is 73.0 cm³/mol. The maximum absolute atomic E-state index is 5.93. The second kappa shape index (κ2) is 5.36. The van der Waals surface area contributed by atoms with Crippen molar-refractivity contribution in [1.29, 1.82) is 0 Å². The number of aromatic nitrogens is 4. The normalized spacial score (nSPS) is 23.2. The zero-order chi connectivity index (χ0) is 13.1. The molecule has 1 saturated carbocycles. The third kappa shape index (κ3) is 2.90. The zero-order valence-corrected chi connectivity index (χ0v) is 10.7. The van der Waals surface area contributed by atoms with E-state index in [9.17, 15) is 0 Å². The van der Waals surface area contributed by atoms with Gasteiger partial charge in [0.05, 0.1) is 5.69 Å². The van der Waals surface area contributed by atoms with Crippen molar-refractivity contribution < 1.29 is 0 Å². The summed E-state index contributed by atoms with van der Waals surface area (Å²) in [5, 5.41) is 14.8. The van der Waals surface area contributed by atoms with Gasteiger partial charge < -0.3 is 11.1 Å². The molecule has 0 bridgehead atoms. The van der Waals surface area contributed by atoms with Crippen molar-refractivity contribution in [3.05, 3.63) is 30.6 Å². The van der Waals surface area contributed by atoms with Crippen LogP contribution >= 0.6 is 0 Å². The van der Waals surface area contributed by atoms with Gasteiger partial charge in [-0.1, -0.05) is 6.07 Å². The summed E-state index contributed by atoms with van der Waals surface area (Å²) in [5.41, 5.74) is 7.99. The Morgan fingerprint density at radius 1 is 1.21 bits per heavy atom. The van der Waals surface area contributed by atoms with Gasteiger partial charge in [-0.05, 0) is 54.3 Å². The maximum atomic E-state index is 5.93. The van der Waals surface area contributed by atoms with Crippen LogP contribution in [0, 0.1) is 0 Å². The Morgan fingerprint density at radius 2 is 2.05 bits per heavy atom. The molecule has 3 N–H and O–H groups in total. The number of nitrogens with one attached hydrogen (secondary N) is 1. The fourth-order valence-electron chi connectivity index (χ4n) is 2.52. The van der Waals surface area contributed by atoms with Gasteiger partial charge in [-0.25, -0.2) is 4.68 Å². The lowest BCUT2D eigenvalue weighted by Gasteiger charge is -2.27. The summed E-state index contributed by atoms with van der Waals surface area (Å²) in [7, 11) is 0. The fourth-order valence-corrected chi connectivity index (χ4v) is 2.52. The van der Waals surface area contributed by atoms with Crippen LogP contribution in [0.2, 0.25) is 0 Å². The summed E-state index contributed by atoms with van der Waals surface area (Å²) in [6.07, 6.45) is 6.07. The number of nitrogens with zero attached hydrogens (tertiary/aromatic N) is 4. The van der Waals surface area contributed by atoms with Crippen molar-refractivity contribution in [2.24, 2.45) is 5.73 Å². The van der Waals surface area contributed by atoms with Crippen LogP contribution in [0.25, 0.3) is 5.69 Å². The molecule has 0 unspecified atom stereocenters. The molecule has 6 nitrogen and oxygen atoms in total. The Bertz CT molecular complexity index is 516. The Balaban J connectivity index is 1.70. The standard InChI is InChI=1S/C13H18N6/c14-10-4-6-11(7-5-10)16-12-2-1-3-13(8-12)19-9-15-17-18-19/h1-3,8-11,16H,4-7,14H2. The van der Waals surface area contributed by atoms with Crippen molar-refractivity contribution in [3.63, 3.8) is 0 Å². The SMILES string of the molecule is NC1CCC(Nc2cccc(-n3cnnn3)c2)CC1. The van der Waals surface area contributed by atoms with Gasteiger partial charge in [-0.3, -0.25) is 0 Å². The molecule has 0 atom stereocenters. The van der Waals surface area contributed by atoms with Crippen molar-refractivity contribution in [1.82, 2.24) is 20.2 Å². The van der Waals surface area contributed by atoms with Crippen LogP contribution in [-0.2, 0) is 0 Å². The van der Waals surface area contributed by atoms with Gasteiger partial charge >= 0.3 is 0 Å². The zero-order valence-electron chi connectivity index (χ0n) is 10.7. The summed E-state index contributed by atoms with van der Waals surface area (Å²) in [6, 6.07) is 9.02. The lowest BCUT2D eigenvalue weighted by Crippen LogP contribution is -2.32. The second-order valence-corrected chi connectivity index (χ2v) is 5.06. The quantitative estimate of drug-likeness (QED) is 0.868. The number of anilines is 1. The average molecular weight is 258 g/mol. The summed E-state index contributed by atoms with van der Waals surface area (Å²) in [6.45, 7) is 0. The first-order valence-electron chi connectivity index (χ1n) is 6.67. The molecule has 0 aliphatic heterocycles. The second-order valence-electron chi connectivity index (χ2n) is 5.06. The smallest absolute Gasteiger partial charge is 0.143 e. The van der Waals surface area contributed by atoms with Crippen LogP contribution in [0.5, 0.6) is 0 Å². The first-order chi connectivity index (χ1) is 9.31. The Morgan fingerprint density at radius 3 is 2.79 bits per heavy atom. The molecule has 3 rings (SSSR count). The predicted octanol–water partition coefficient (Wildman–Crippen LogP) is 1.34. The van der Waals surface area contributed by atoms with Gasteiger partial charge in [0.2, 0.25) is 0 Å². The third-order valence-corrected chi connectivity index (χ3v) is 3.60. The monoisotopic (exact) mass is 258 g/mol. The van der Waals surface area contributed by atoms with Gasteiger partial charge in [0.15, 0.2) is 0 Å². The van der Waals surface area contributed by atoms with Crippen LogP contribution < -0.4 is 11.1 Å². The van der Waals surface area contributed by atoms with Gasteiger partial charge in [-0.15, -0.1) is 5.10 Å². The molecule has 1 aromatic carbocycles. The number of hydrogen-bond acceptors (Lipinski definition) is 5. The molecule has 100 valence electrons. The van der Waals surface area contributed by atoms with Crippen LogP contribution in [0.4, 0.5) is 5.69 Å². The topological polar surface area (TPSA) is 81.6 Å². The molecule has 1 aliphatic rings. The van der Waals surface area contributed by atoms with E-state index < -0.39 is 0 Å². The van der Waals surface area contributed by atoms with E-state index in [1.165, 1.54) is 0 Å². The molecular weight excluding hydrogens is 240 g/mol. The van der Waals surface area contributed by atoms with E-state index in [-0.39, 0.29) is 0 Å². The molecular formula is C13H18N6. The molecule has 2 aromatic rings. The summed E-state index contributed by atoms with van der Waals surface area (Å²) in [5.74, 6) is 0. The minimum Gasteiger partial charge on any atom is -0.382 e. The number of hydrogen-bond donors (Lipinski definition) is 2. The molecule has 6 heteroatoms. The molecule has 1 aromatic heterocycles. The lowest BCUT2D eigenvalue weighted by molar-refractivity contribution is 0.411. The van der Waals surface area contributed by atoms with Gasteiger partial charge in [0, 0.05) is 17.8 Å². The van der Waals surface area contributed by atoms with Crippen molar-refractivity contribution >= 4 is 5.69 Å². The summed E-state index contributed by atoms with van der Waals surface area (Å²) in [4.78, 5) is 0. The highest BCUT2D eigenvalue weighted by Gasteiger charge is 2.18. The van der Waals surface area contributed by atoms with Crippen LogP contribution in [-0.4, -0.2) is 32.3 Å². The Labute approximate surface area is 112 Å². The fraction of sp³-hybridized carbons (Fsp3) is 0.462. The van der Waals surface area contributed by atoms with Crippen molar-refractivity contribution in [2.75, 3.05) is 5.32 Å². The molecule has 1 fully saturated rings. The van der Waals surface area contributed by atoms with E-state index in [0.29, 0.717) is 12.1 Å². The molecule has 1 heterocycles. The molecule has 0 radical (unpaired) electrons. The van der Waals surface area contributed by atoms with Crippen molar-refractivity contribution in [3.8, 4) is 5.69 Å². The highest BCUT2D eigenvalue weighted by Crippen LogP contribution is 2.22. The molecule has 1 aliphatic carbocycles. The highest BCUT2D eigenvalue weighted by atomic mass is 15.5. The maximum Gasteiger partial charge on any atom is 0.143 e. The molecule has 0 spiro atoms. The number of rotatable bonds is 3. The van der Waals surface area contributed by atoms with Gasteiger partial charge in [0.1, 0.15) is 6.33 Å². The Hall–Kier alpha value is -1.95. The van der Waals surface area contributed by atoms with E-state index in [1.54, 1.807) is 11.0 Å². The first-order valence-corrected chi connectivity index (χ1v) is 6.67. The van der Waals surface area contributed by atoms with E-state index in [0.717, 1.165) is 37.1 Å². The lowest BCUT2D eigenvalue weighted by atomic mass is 9.91. The number of nitrogens with two attached hydrogens (primary N) is 1. The van der Waals surface area contributed by atoms with E-state index >= 15 is 0 Å². The van der Waals surface area contributed by atoms with Crippen molar-refractivity contribution in [2.45, 2.75) is 37.8 Å². The van der Waals surface area contributed by atoms with Gasteiger partial charge in [-0.2, -0.15) is 0 Å². The molecule has 0 saturated heterocycles. The highest BCUT2D eigenvalue weighted by molar-refractivity contribution is 5.51. The van der Waals surface area contributed by atoms with Gasteiger partial charge in [0.25, 0.3) is 0 Å². The third-order valence-electron chi connectivity index (χ3n) is 3.60. The largest absolute Gasteiger partial charge is 0.382 e. The summed E-state index contributed by atoms with van der Waals surface area (Å²) < 4.78 is 1.65. The minimum absolute atomic E-state index is 0.380. The van der Waals surface area contributed by atoms with E-state index in [1.807, 2.05) is 12.1 Å². The minimum atomic E-state index is 0.380.